The molecule has 39 heavy (non-hydrogen) atoms. The fraction of sp³-hybridized carbons (Fsp3) is 0.194. The quantitative estimate of drug-likeness (QED) is 0.229. The lowest BCUT2D eigenvalue weighted by Gasteiger charge is -2.18. The number of benzene rings is 4. The highest BCUT2D eigenvalue weighted by molar-refractivity contribution is 7.23. The minimum absolute atomic E-state index is 0.274. The number of thiophene rings is 1. The molecule has 0 spiro atoms. The van der Waals surface area contributed by atoms with Crippen LogP contribution in [-0.4, -0.2) is 4.98 Å². The molecule has 0 bridgehead atoms. The zero-order valence-electron chi connectivity index (χ0n) is 23.1. The molecule has 7 rings (SSSR count). The van der Waals surface area contributed by atoms with Gasteiger partial charge in [0.15, 0.2) is 0 Å². The highest BCUT2D eigenvalue weighted by Crippen LogP contribution is 2.46. The molecule has 0 fully saturated rings. The van der Waals surface area contributed by atoms with E-state index in [-0.39, 0.29) is 5.41 Å². The molecule has 0 atom stereocenters. The van der Waals surface area contributed by atoms with E-state index in [1.807, 2.05) is 17.5 Å². The Balaban J connectivity index is 1.46. The molecule has 0 saturated heterocycles. The Kier molecular flexibility index (Phi) is 5.43. The molecule has 0 N–H and O–H groups in total. The van der Waals surface area contributed by atoms with E-state index in [0.29, 0.717) is 0 Å². The molecular weight excluding hydrogens is 494 g/mol. The van der Waals surface area contributed by atoms with Gasteiger partial charge in [-0.05, 0) is 82.3 Å². The average molecular weight is 526 g/mol. The van der Waals surface area contributed by atoms with Crippen molar-refractivity contribution in [2.45, 2.75) is 41.0 Å². The number of rotatable bonds is 3. The SMILES string of the molecule is Cc1ccc2c(c1)oc1c(-c3nccc4c(C)c(-c5ccc(CC(C)(C)C)cc5)sc34)cc3ccccc3c12. The van der Waals surface area contributed by atoms with Crippen LogP contribution in [0.15, 0.2) is 89.5 Å². The zero-order valence-corrected chi connectivity index (χ0v) is 23.9. The number of furan rings is 1. The van der Waals surface area contributed by atoms with Gasteiger partial charge in [0.2, 0.25) is 0 Å². The van der Waals surface area contributed by atoms with Crippen LogP contribution >= 0.6 is 11.3 Å². The van der Waals surface area contributed by atoms with Gasteiger partial charge >= 0.3 is 0 Å². The summed E-state index contributed by atoms with van der Waals surface area (Å²) < 4.78 is 7.82. The summed E-state index contributed by atoms with van der Waals surface area (Å²) >= 11 is 1.84. The van der Waals surface area contributed by atoms with Crippen molar-refractivity contribution in [2.75, 3.05) is 0 Å². The lowest BCUT2D eigenvalue weighted by atomic mass is 9.88. The third-order valence-electron chi connectivity index (χ3n) is 7.68. The van der Waals surface area contributed by atoms with Gasteiger partial charge < -0.3 is 4.42 Å². The van der Waals surface area contributed by atoms with Crippen LogP contribution < -0.4 is 0 Å². The van der Waals surface area contributed by atoms with Crippen LogP contribution in [0.25, 0.3) is 64.5 Å². The lowest BCUT2D eigenvalue weighted by molar-refractivity contribution is 0.411. The highest BCUT2D eigenvalue weighted by Gasteiger charge is 2.21. The first-order valence-electron chi connectivity index (χ1n) is 13.6. The smallest absolute Gasteiger partial charge is 0.145 e. The Bertz CT molecular complexity index is 2030. The van der Waals surface area contributed by atoms with Crippen LogP contribution in [0.1, 0.15) is 37.5 Å². The number of hydrogen-bond acceptors (Lipinski definition) is 3. The molecule has 3 aromatic heterocycles. The van der Waals surface area contributed by atoms with Gasteiger partial charge in [-0.2, -0.15) is 0 Å². The van der Waals surface area contributed by atoms with E-state index in [1.54, 1.807) is 0 Å². The van der Waals surface area contributed by atoms with Crippen molar-refractivity contribution >= 4 is 54.1 Å². The summed E-state index contributed by atoms with van der Waals surface area (Å²) in [6.07, 6.45) is 3.02. The minimum atomic E-state index is 0.274. The lowest BCUT2D eigenvalue weighted by Crippen LogP contribution is -2.08. The fourth-order valence-electron chi connectivity index (χ4n) is 5.91. The standard InChI is InChI=1S/C36H31NOS/c1-21-10-15-28-30(18-21)38-33-29(19-25-8-6-7-9-27(25)31(28)33)32-35-26(16-17-37-32)22(2)34(39-35)24-13-11-23(12-14-24)20-36(3,4)5/h6-19H,20H2,1-5H3. The Hall–Kier alpha value is -3.95. The average Bonchev–Trinajstić information content (AvgIpc) is 3.45. The van der Waals surface area contributed by atoms with Crippen molar-refractivity contribution in [1.29, 1.82) is 0 Å². The van der Waals surface area contributed by atoms with E-state index < -0.39 is 0 Å². The predicted octanol–water partition coefficient (Wildman–Crippen LogP) is 10.9. The van der Waals surface area contributed by atoms with Gasteiger partial charge in [-0.15, -0.1) is 11.3 Å². The molecule has 192 valence electrons. The van der Waals surface area contributed by atoms with Gasteiger partial charge in [-0.25, -0.2) is 0 Å². The summed E-state index contributed by atoms with van der Waals surface area (Å²) in [5.41, 5.74) is 9.29. The van der Waals surface area contributed by atoms with Crippen LogP contribution in [0.4, 0.5) is 0 Å². The maximum Gasteiger partial charge on any atom is 0.145 e. The van der Waals surface area contributed by atoms with Gasteiger partial charge in [0.1, 0.15) is 11.2 Å². The molecule has 0 amide bonds. The molecule has 7 aromatic rings. The van der Waals surface area contributed by atoms with E-state index in [9.17, 15) is 0 Å². The summed E-state index contributed by atoms with van der Waals surface area (Å²) in [6.45, 7) is 11.2. The van der Waals surface area contributed by atoms with Crippen molar-refractivity contribution in [3.63, 3.8) is 0 Å². The highest BCUT2D eigenvalue weighted by atomic mass is 32.1. The Morgan fingerprint density at radius 1 is 0.821 bits per heavy atom. The molecule has 3 heterocycles. The van der Waals surface area contributed by atoms with Crippen LogP contribution in [0, 0.1) is 19.3 Å². The van der Waals surface area contributed by atoms with Crippen LogP contribution in [0.5, 0.6) is 0 Å². The second-order valence-corrected chi connectivity index (χ2v) is 13.0. The Morgan fingerprint density at radius 2 is 1.62 bits per heavy atom. The molecule has 0 radical (unpaired) electrons. The second-order valence-electron chi connectivity index (χ2n) is 12.0. The van der Waals surface area contributed by atoms with Crippen LogP contribution in [0.2, 0.25) is 0 Å². The molecule has 0 aliphatic rings. The van der Waals surface area contributed by atoms with Gasteiger partial charge in [-0.1, -0.05) is 81.4 Å². The first-order valence-corrected chi connectivity index (χ1v) is 14.4. The van der Waals surface area contributed by atoms with E-state index in [2.05, 4.69) is 113 Å². The monoisotopic (exact) mass is 525 g/mol. The van der Waals surface area contributed by atoms with Gasteiger partial charge in [0.05, 0.1) is 10.4 Å². The van der Waals surface area contributed by atoms with E-state index in [4.69, 9.17) is 9.40 Å². The van der Waals surface area contributed by atoms with Gasteiger partial charge in [0.25, 0.3) is 0 Å². The molecular formula is C36H31NOS. The number of nitrogens with zero attached hydrogens (tertiary/aromatic N) is 1. The summed E-state index contributed by atoms with van der Waals surface area (Å²) in [4.78, 5) is 6.28. The second kappa shape index (κ2) is 8.79. The van der Waals surface area contributed by atoms with Crippen molar-refractivity contribution in [2.24, 2.45) is 5.41 Å². The van der Waals surface area contributed by atoms with Crippen molar-refractivity contribution < 1.29 is 4.42 Å². The van der Waals surface area contributed by atoms with Gasteiger partial charge in [0, 0.05) is 27.4 Å². The molecule has 3 heteroatoms. The molecule has 0 aliphatic heterocycles. The number of hydrogen-bond donors (Lipinski definition) is 0. The normalized spacial score (nSPS) is 12.3. The van der Waals surface area contributed by atoms with Crippen molar-refractivity contribution in [3.05, 3.63) is 102 Å². The number of aromatic nitrogens is 1. The first-order chi connectivity index (χ1) is 18.8. The summed E-state index contributed by atoms with van der Waals surface area (Å²) in [6, 6.07) is 28.6. The van der Waals surface area contributed by atoms with Crippen molar-refractivity contribution in [3.8, 4) is 21.7 Å². The molecule has 0 saturated carbocycles. The van der Waals surface area contributed by atoms with Gasteiger partial charge in [-0.3, -0.25) is 4.98 Å². The number of fused-ring (bicyclic) bond motifs is 6. The molecule has 4 aromatic carbocycles. The predicted molar refractivity (Wildman–Crippen MR) is 168 cm³/mol. The third kappa shape index (κ3) is 4.04. The maximum absolute atomic E-state index is 6.62. The minimum Gasteiger partial charge on any atom is -0.455 e. The fourth-order valence-corrected chi connectivity index (χ4v) is 7.22. The number of aryl methyl sites for hydroxylation is 2. The zero-order chi connectivity index (χ0) is 26.9. The summed E-state index contributed by atoms with van der Waals surface area (Å²) in [5.74, 6) is 0. The molecule has 0 aliphatic carbocycles. The largest absolute Gasteiger partial charge is 0.455 e. The third-order valence-corrected chi connectivity index (χ3v) is 9.04. The van der Waals surface area contributed by atoms with Crippen LogP contribution in [-0.2, 0) is 6.42 Å². The topological polar surface area (TPSA) is 26.0 Å². The van der Waals surface area contributed by atoms with E-state index in [1.165, 1.54) is 53.4 Å². The summed E-state index contributed by atoms with van der Waals surface area (Å²) in [5, 5.41) is 5.99. The van der Waals surface area contributed by atoms with E-state index in [0.717, 1.165) is 34.2 Å². The van der Waals surface area contributed by atoms with Crippen LogP contribution in [0.3, 0.4) is 0 Å². The maximum atomic E-state index is 6.62. The van der Waals surface area contributed by atoms with Crippen molar-refractivity contribution in [1.82, 2.24) is 4.98 Å². The molecule has 0 unspecified atom stereocenters. The van der Waals surface area contributed by atoms with E-state index >= 15 is 0 Å². The summed E-state index contributed by atoms with van der Waals surface area (Å²) in [7, 11) is 0. The number of pyridine rings is 1. The Morgan fingerprint density at radius 3 is 2.41 bits per heavy atom. The molecule has 2 nitrogen and oxygen atoms in total. The Labute approximate surface area is 232 Å². The first kappa shape index (κ1) is 24.1.